The Labute approximate surface area is 291 Å². The molecule has 3 rings (SSSR count). The van der Waals surface area contributed by atoms with Crippen LogP contribution >= 0.6 is 69.6 Å². The standard InChI is InChI=1S/C27H23Cl6NO7S.C2H6O/c1-27(2,3)24(34)23(41-42(4,37)38)12-5-10-17(39-25(35)13-6-8-15(28)21(32)19(13)30)18(11-12)40-26(36)14-7-9-16(29)22(33)20(14)31;1-2-3/h5-11,23-24H,34H2,1-4H3;3H,2H2,1H3. The first-order valence-electron chi connectivity index (χ1n) is 12.8. The normalized spacial score (nSPS) is 12.9. The maximum absolute atomic E-state index is 13.2. The lowest BCUT2D eigenvalue weighted by atomic mass is 9.82. The molecule has 0 aromatic heterocycles. The fourth-order valence-corrected chi connectivity index (χ4v) is 5.34. The number of ether oxygens (including phenoxy) is 2. The maximum Gasteiger partial charge on any atom is 0.345 e. The lowest BCUT2D eigenvalue weighted by Gasteiger charge is -2.33. The van der Waals surface area contributed by atoms with E-state index in [2.05, 4.69) is 0 Å². The van der Waals surface area contributed by atoms with Crippen molar-refractivity contribution >= 4 is 91.7 Å². The van der Waals surface area contributed by atoms with E-state index in [9.17, 15) is 18.0 Å². The van der Waals surface area contributed by atoms with E-state index in [0.29, 0.717) is 0 Å². The van der Waals surface area contributed by atoms with Crippen LogP contribution < -0.4 is 15.2 Å². The Morgan fingerprint density at radius 3 is 1.62 bits per heavy atom. The van der Waals surface area contributed by atoms with E-state index >= 15 is 0 Å². The zero-order valence-electron chi connectivity index (χ0n) is 24.5. The van der Waals surface area contributed by atoms with Gasteiger partial charge in [0.25, 0.3) is 10.1 Å². The first-order valence-corrected chi connectivity index (χ1v) is 16.9. The van der Waals surface area contributed by atoms with Crippen molar-refractivity contribution in [3.05, 3.63) is 89.3 Å². The molecule has 0 aliphatic carbocycles. The van der Waals surface area contributed by atoms with Gasteiger partial charge in [0.1, 0.15) is 6.10 Å². The van der Waals surface area contributed by atoms with E-state index in [1.165, 1.54) is 42.5 Å². The van der Waals surface area contributed by atoms with Crippen molar-refractivity contribution in [2.75, 3.05) is 12.9 Å². The molecule has 0 saturated heterocycles. The molecule has 246 valence electrons. The van der Waals surface area contributed by atoms with Crippen LogP contribution in [0.15, 0.2) is 42.5 Å². The van der Waals surface area contributed by atoms with Gasteiger partial charge in [0.05, 0.1) is 47.5 Å². The molecular formula is C29H29Cl6NO8S. The van der Waals surface area contributed by atoms with Crippen molar-refractivity contribution in [2.45, 2.75) is 39.8 Å². The van der Waals surface area contributed by atoms with Crippen LogP contribution in [-0.2, 0) is 14.3 Å². The summed E-state index contributed by atoms with van der Waals surface area (Å²) < 4.78 is 40.7. The first-order chi connectivity index (χ1) is 20.7. The number of benzene rings is 3. The summed E-state index contributed by atoms with van der Waals surface area (Å²) in [5.41, 5.74) is 5.68. The van der Waals surface area contributed by atoms with Gasteiger partial charge in [-0.15, -0.1) is 0 Å². The predicted molar refractivity (Wildman–Crippen MR) is 178 cm³/mol. The van der Waals surface area contributed by atoms with Crippen molar-refractivity contribution in [1.29, 1.82) is 0 Å². The van der Waals surface area contributed by atoms with Crippen LogP contribution in [0.5, 0.6) is 11.5 Å². The molecule has 0 aliphatic heterocycles. The molecule has 3 aromatic carbocycles. The van der Waals surface area contributed by atoms with Crippen LogP contribution in [0.4, 0.5) is 0 Å². The van der Waals surface area contributed by atoms with E-state index in [4.69, 9.17) is 94.1 Å². The molecule has 2 unspecified atom stereocenters. The molecule has 9 nitrogen and oxygen atoms in total. The lowest BCUT2D eigenvalue weighted by Crippen LogP contribution is -2.42. The average molecular weight is 764 g/mol. The van der Waals surface area contributed by atoms with Gasteiger partial charge < -0.3 is 20.3 Å². The summed E-state index contributed by atoms with van der Waals surface area (Å²) in [6.07, 6.45) is -0.347. The Morgan fingerprint density at radius 1 is 0.800 bits per heavy atom. The molecule has 16 heteroatoms. The van der Waals surface area contributed by atoms with E-state index in [1.54, 1.807) is 27.7 Å². The number of aliphatic hydroxyl groups is 1. The highest BCUT2D eigenvalue weighted by Gasteiger charge is 2.34. The SMILES string of the molecule is CC(C)(C)C(N)C(OS(C)(=O)=O)c1ccc(OC(=O)c2ccc(Cl)c(Cl)c2Cl)c(OC(=O)c2ccc(Cl)c(Cl)c2Cl)c1.CCO. The average Bonchev–Trinajstić information content (AvgIpc) is 2.93. The number of rotatable bonds is 8. The van der Waals surface area contributed by atoms with Crippen LogP contribution in [0.25, 0.3) is 0 Å². The molecule has 0 amide bonds. The van der Waals surface area contributed by atoms with Gasteiger partial charge in [-0.3, -0.25) is 4.18 Å². The van der Waals surface area contributed by atoms with Crippen LogP contribution in [0.3, 0.4) is 0 Å². The van der Waals surface area contributed by atoms with Crippen molar-refractivity contribution in [3.63, 3.8) is 0 Å². The third-order valence-corrected chi connectivity index (χ3v) is 8.96. The minimum atomic E-state index is -4.00. The molecular weight excluding hydrogens is 735 g/mol. The van der Waals surface area contributed by atoms with Crippen LogP contribution in [0.1, 0.15) is 60.1 Å². The Kier molecular flexibility index (Phi) is 14.3. The largest absolute Gasteiger partial charge is 0.419 e. The van der Waals surface area contributed by atoms with E-state index in [-0.39, 0.29) is 64.9 Å². The second kappa shape index (κ2) is 16.3. The van der Waals surface area contributed by atoms with Gasteiger partial charge in [-0.05, 0) is 54.3 Å². The summed E-state index contributed by atoms with van der Waals surface area (Å²) in [6.45, 7) is 7.31. The number of carbonyl (C=O) groups is 2. The van der Waals surface area contributed by atoms with Gasteiger partial charge in [0.2, 0.25) is 0 Å². The van der Waals surface area contributed by atoms with Crippen LogP contribution in [-0.4, -0.2) is 44.4 Å². The molecule has 45 heavy (non-hydrogen) atoms. The number of carbonyl (C=O) groups excluding carboxylic acids is 2. The van der Waals surface area contributed by atoms with Crippen LogP contribution in [0.2, 0.25) is 30.1 Å². The second-order valence-corrected chi connectivity index (χ2v) is 14.3. The highest BCUT2D eigenvalue weighted by molar-refractivity contribution is 7.86. The van der Waals surface area contributed by atoms with Gasteiger partial charge in [-0.25, -0.2) is 9.59 Å². The molecule has 0 bridgehead atoms. The molecule has 0 heterocycles. The van der Waals surface area contributed by atoms with Crippen LogP contribution in [0, 0.1) is 5.41 Å². The number of aliphatic hydroxyl groups excluding tert-OH is 1. The van der Waals surface area contributed by atoms with E-state index in [0.717, 1.165) is 6.26 Å². The highest BCUT2D eigenvalue weighted by Crippen LogP contribution is 2.40. The second-order valence-electron chi connectivity index (χ2n) is 10.4. The smallest absolute Gasteiger partial charge is 0.345 e. The molecule has 2 atom stereocenters. The Hall–Kier alpha value is -1.83. The topological polar surface area (TPSA) is 142 Å². The summed E-state index contributed by atoms with van der Waals surface area (Å²) in [7, 11) is -4.00. The van der Waals surface area contributed by atoms with Gasteiger partial charge >= 0.3 is 11.9 Å². The number of hydrogen-bond donors (Lipinski definition) is 2. The molecule has 3 N–H and O–H groups in total. The molecule has 0 aliphatic rings. The third kappa shape index (κ3) is 10.6. The van der Waals surface area contributed by atoms with E-state index < -0.39 is 39.6 Å². The highest BCUT2D eigenvalue weighted by atomic mass is 35.5. The monoisotopic (exact) mass is 761 g/mol. The quantitative estimate of drug-likeness (QED) is 0.100. The van der Waals surface area contributed by atoms with Gasteiger partial charge in [0, 0.05) is 12.6 Å². The number of hydrogen-bond acceptors (Lipinski definition) is 9. The molecule has 3 aromatic rings. The Morgan fingerprint density at radius 2 is 1.22 bits per heavy atom. The maximum atomic E-state index is 13.2. The number of nitrogens with two attached hydrogens (primary N) is 1. The fourth-order valence-electron chi connectivity index (χ4n) is 3.51. The van der Waals surface area contributed by atoms with E-state index in [1.807, 2.05) is 0 Å². The zero-order chi connectivity index (χ0) is 34.4. The van der Waals surface area contributed by atoms with Crippen molar-refractivity contribution in [1.82, 2.24) is 0 Å². The molecule has 0 spiro atoms. The predicted octanol–water partition coefficient (Wildman–Crippen LogP) is 8.43. The summed E-state index contributed by atoms with van der Waals surface area (Å²) in [5, 5.41) is 7.29. The molecule has 0 radical (unpaired) electrons. The summed E-state index contributed by atoms with van der Waals surface area (Å²) >= 11 is 36.5. The minimum absolute atomic E-state index is 0.0685. The zero-order valence-corrected chi connectivity index (χ0v) is 29.8. The van der Waals surface area contributed by atoms with Gasteiger partial charge in [-0.2, -0.15) is 8.42 Å². The van der Waals surface area contributed by atoms with Gasteiger partial charge in [-0.1, -0.05) is 96.4 Å². The summed E-state index contributed by atoms with van der Waals surface area (Å²) in [6, 6.07) is 8.35. The van der Waals surface area contributed by atoms with Crippen molar-refractivity contribution < 1.29 is 36.8 Å². The summed E-state index contributed by atoms with van der Waals surface area (Å²) in [4.78, 5) is 26.3. The lowest BCUT2D eigenvalue weighted by molar-refractivity contribution is 0.0681. The summed E-state index contributed by atoms with van der Waals surface area (Å²) in [5.74, 6) is -2.53. The minimum Gasteiger partial charge on any atom is -0.419 e. The Bertz CT molecular complexity index is 1680. The van der Waals surface area contributed by atoms with Crippen molar-refractivity contribution in [2.24, 2.45) is 11.1 Å². The first kappa shape index (κ1) is 39.3. The third-order valence-electron chi connectivity index (χ3n) is 5.82. The number of halogens is 6. The molecule has 0 saturated carbocycles. The van der Waals surface area contributed by atoms with Gasteiger partial charge in [0.15, 0.2) is 11.5 Å². The Balaban J connectivity index is 0.00000226. The van der Waals surface area contributed by atoms with Crippen molar-refractivity contribution in [3.8, 4) is 11.5 Å². The number of esters is 2. The molecule has 0 fully saturated rings. The fraction of sp³-hybridized carbons (Fsp3) is 0.310.